The summed E-state index contributed by atoms with van der Waals surface area (Å²) in [5, 5.41) is 4.17. The number of nitrogens with zero attached hydrogens (tertiary/aromatic N) is 3. The number of fused-ring (bicyclic) bond motifs is 2. The van der Waals surface area contributed by atoms with Crippen LogP contribution in [0.3, 0.4) is 0 Å². The third-order valence-corrected chi connectivity index (χ3v) is 4.80. The molecule has 0 unspecified atom stereocenters. The smallest absolute Gasteiger partial charge is 0.359 e. The highest BCUT2D eigenvalue weighted by atomic mass is 32.1. The second-order valence-corrected chi connectivity index (χ2v) is 6.51. The van der Waals surface area contributed by atoms with E-state index in [1.807, 2.05) is 18.2 Å². The Morgan fingerprint density at radius 1 is 1.39 bits per heavy atom. The number of ketones is 1. The van der Waals surface area contributed by atoms with Crippen molar-refractivity contribution in [3.05, 3.63) is 46.7 Å². The number of hydrogen-bond donors (Lipinski definition) is 0. The fourth-order valence-electron chi connectivity index (χ4n) is 2.63. The van der Waals surface area contributed by atoms with Crippen LogP contribution >= 0.6 is 11.3 Å². The molecule has 7 heteroatoms. The van der Waals surface area contributed by atoms with Crippen molar-refractivity contribution in [1.82, 2.24) is 14.8 Å². The summed E-state index contributed by atoms with van der Waals surface area (Å²) in [6, 6.07) is 7.29. The number of ether oxygens (including phenoxy) is 1. The second-order valence-electron chi connectivity index (χ2n) is 5.34. The maximum Gasteiger partial charge on any atom is 0.359 e. The number of rotatable bonds is 3. The fourth-order valence-corrected chi connectivity index (χ4v) is 3.56. The highest BCUT2D eigenvalue weighted by molar-refractivity contribution is 7.18. The molecule has 116 valence electrons. The van der Waals surface area contributed by atoms with Gasteiger partial charge in [-0.25, -0.2) is 4.79 Å². The largest absolute Gasteiger partial charge is 0.455 e. The minimum Gasteiger partial charge on any atom is -0.455 e. The van der Waals surface area contributed by atoms with E-state index < -0.39 is 5.97 Å². The lowest BCUT2D eigenvalue weighted by molar-refractivity contribution is 0.0468. The summed E-state index contributed by atoms with van der Waals surface area (Å²) in [6.45, 7) is 0.840. The summed E-state index contributed by atoms with van der Waals surface area (Å²) in [6.07, 6.45) is 3.00. The monoisotopic (exact) mass is 327 g/mol. The molecule has 0 saturated heterocycles. The number of pyridine rings is 1. The summed E-state index contributed by atoms with van der Waals surface area (Å²) < 4.78 is 7.96. The van der Waals surface area contributed by atoms with Gasteiger partial charge < -0.3 is 4.74 Å². The fraction of sp³-hybridized carbons (Fsp3) is 0.250. The molecule has 3 aromatic rings. The molecule has 0 aromatic carbocycles. The van der Waals surface area contributed by atoms with Crippen molar-refractivity contribution in [2.45, 2.75) is 26.0 Å². The van der Waals surface area contributed by atoms with Crippen molar-refractivity contribution < 1.29 is 14.3 Å². The van der Waals surface area contributed by atoms with Crippen LogP contribution < -0.4 is 0 Å². The van der Waals surface area contributed by atoms with Crippen molar-refractivity contribution in [2.24, 2.45) is 0 Å². The van der Waals surface area contributed by atoms with Gasteiger partial charge in [-0.2, -0.15) is 5.10 Å². The molecule has 0 saturated carbocycles. The molecule has 0 spiro atoms. The number of Topliss-reactive ketones (excluding diaryl/α,β-unsaturated/α-hetero) is 1. The molecule has 4 heterocycles. The maximum absolute atomic E-state index is 12.1. The molecule has 1 aliphatic rings. The van der Waals surface area contributed by atoms with Crippen LogP contribution in [0.2, 0.25) is 0 Å². The van der Waals surface area contributed by atoms with Crippen LogP contribution in [-0.4, -0.2) is 26.5 Å². The van der Waals surface area contributed by atoms with Crippen molar-refractivity contribution >= 4 is 33.3 Å². The first-order valence-electron chi connectivity index (χ1n) is 7.32. The highest BCUT2D eigenvalue weighted by Crippen LogP contribution is 2.24. The average molecular weight is 327 g/mol. The summed E-state index contributed by atoms with van der Waals surface area (Å²) in [7, 11) is 0. The SMILES string of the molecule is O=C(OCc1cc2ncccc2s1)c1cc2n(n1)CCCC2=O. The van der Waals surface area contributed by atoms with E-state index >= 15 is 0 Å². The lowest BCUT2D eigenvalue weighted by atomic mass is 10.1. The van der Waals surface area contributed by atoms with E-state index in [0.29, 0.717) is 18.7 Å². The maximum atomic E-state index is 12.1. The third-order valence-electron chi connectivity index (χ3n) is 3.73. The summed E-state index contributed by atoms with van der Waals surface area (Å²) in [5.41, 5.74) is 1.58. The number of aryl methyl sites for hydroxylation is 1. The van der Waals surface area contributed by atoms with Gasteiger partial charge in [0.2, 0.25) is 0 Å². The molecule has 0 aliphatic carbocycles. The molecular weight excluding hydrogens is 314 g/mol. The number of esters is 1. The molecule has 0 radical (unpaired) electrons. The second kappa shape index (κ2) is 5.58. The van der Waals surface area contributed by atoms with Crippen LogP contribution in [0.4, 0.5) is 0 Å². The van der Waals surface area contributed by atoms with E-state index in [-0.39, 0.29) is 18.1 Å². The standard InChI is InChI=1S/C16H13N3O3S/c20-14-3-2-6-19-13(14)8-12(18-19)16(21)22-9-10-7-11-15(23-10)4-1-5-17-11/h1,4-5,7-8H,2-3,6,9H2. The average Bonchev–Trinajstić information content (AvgIpc) is 3.17. The normalized spacial score (nSPS) is 14.0. The van der Waals surface area contributed by atoms with Gasteiger partial charge in [-0.1, -0.05) is 0 Å². The van der Waals surface area contributed by atoms with Crippen LogP contribution in [-0.2, 0) is 17.9 Å². The van der Waals surface area contributed by atoms with E-state index in [4.69, 9.17) is 4.74 Å². The topological polar surface area (TPSA) is 74.1 Å². The van der Waals surface area contributed by atoms with Gasteiger partial charge in [0.1, 0.15) is 12.3 Å². The summed E-state index contributed by atoms with van der Waals surface area (Å²) in [4.78, 5) is 29.1. The third kappa shape index (κ3) is 2.63. The molecule has 0 N–H and O–H groups in total. The first kappa shape index (κ1) is 14.1. The molecule has 4 rings (SSSR count). The van der Waals surface area contributed by atoms with Gasteiger partial charge in [-0.15, -0.1) is 11.3 Å². The lowest BCUT2D eigenvalue weighted by Crippen LogP contribution is -2.17. The Bertz CT molecular complexity index is 879. The Labute approximate surface area is 135 Å². The van der Waals surface area contributed by atoms with Crippen LogP contribution in [0.5, 0.6) is 0 Å². The van der Waals surface area contributed by atoms with Crippen LogP contribution in [0, 0.1) is 0 Å². The first-order chi connectivity index (χ1) is 11.2. The van der Waals surface area contributed by atoms with E-state index in [9.17, 15) is 9.59 Å². The molecule has 0 amide bonds. The quantitative estimate of drug-likeness (QED) is 0.692. The lowest BCUT2D eigenvalue weighted by Gasteiger charge is -2.10. The minimum atomic E-state index is -0.509. The van der Waals surface area contributed by atoms with E-state index in [1.165, 1.54) is 6.07 Å². The molecule has 0 atom stereocenters. The van der Waals surface area contributed by atoms with Crippen molar-refractivity contribution in [3.8, 4) is 0 Å². The Balaban J connectivity index is 1.48. The minimum absolute atomic E-state index is 0.0263. The van der Waals surface area contributed by atoms with Gasteiger partial charge in [0.05, 0.1) is 10.2 Å². The zero-order chi connectivity index (χ0) is 15.8. The van der Waals surface area contributed by atoms with Crippen molar-refractivity contribution in [2.75, 3.05) is 0 Å². The van der Waals surface area contributed by atoms with Gasteiger partial charge in [-0.3, -0.25) is 14.5 Å². The molecular formula is C16H13N3O3S. The highest BCUT2D eigenvalue weighted by Gasteiger charge is 2.23. The molecule has 23 heavy (non-hydrogen) atoms. The number of carbonyl (C=O) groups is 2. The molecule has 3 aromatic heterocycles. The summed E-state index contributed by atoms with van der Waals surface area (Å²) >= 11 is 1.54. The van der Waals surface area contributed by atoms with Gasteiger partial charge in [0.25, 0.3) is 0 Å². The van der Waals surface area contributed by atoms with Crippen LogP contribution in [0.1, 0.15) is 38.7 Å². The van der Waals surface area contributed by atoms with Gasteiger partial charge in [-0.05, 0) is 24.6 Å². The number of carbonyl (C=O) groups excluding carboxylic acids is 2. The Kier molecular flexibility index (Phi) is 3.42. The molecule has 0 bridgehead atoms. The van der Waals surface area contributed by atoms with Gasteiger partial charge >= 0.3 is 5.97 Å². The Hall–Kier alpha value is -2.54. The number of hydrogen-bond acceptors (Lipinski definition) is 6. The zero-order valence-electron chi connectivity index (χ0n) is 12.2. The molecule has 6 nitrogen and oxygen atoms in total. The van der Waals surface area contributed by atoms with Crippen molar-refractivity contribution in [1.29, 1.82) is 0 Å². The predicted molar refractivity (Wildman–Crippen MR) is 84.5 cm³/mol. The molecule has 0 fully saturated rings. The zero-order valence-corrected chi connectivity index (χ0v) is 13.0. The first-order valence-corrected chi connectivity index (χ1v) is 8.14. The van der Waals surface area contributed by atoms with E-state index in [1.54, 1.807) is 22.2 Å². The number of aromatic nitrogens is 3. The molecule has 1 aliphatic heterocycles. The van der Waals surface area contributed by atoms with E-state index in [2.05, 4.69) is 10.1 Å². The summed E-state index contributed by atoms with van der Waals surface area (Å²) in [5.74, 6) is -0.483. The van der Waals surface area contributed by atoms with E-state index in [0.717, 1.165) is 21.5 Å². The van der Waals surface area contributed by atoms with Crippen LogP contribution in [0.15, 0.2) is 30.5 Å². The van der Waals surface area contributed by atoms with Gasteiger partial charge in [0.15, 0.2) is 11.5 Å². The van der Waals surface area contributed by atoms with Crippen molar-refractivity contribution in [3.63, 3.8) is 0 Å². The Morgan fingerprint density at radius 2 is 2.30 bits per heavy atom. The predicted octanol–water partition coefficient (Wildman–Crippen LogP) is 2.83. The van der Waals surface area contributed by atoms with Crippen LogP contribution in [0.25, 0.3) is 10.2 Å². The number of thiophene rings is 1. The van der Waals surface area contributed by atoms with Gasteiger partial charge in [0, 0.05) is 30.1 Å². The Morgan fingerprint density at radius 3 is 3.13 bits per heavy atom.